The van der Waals surface area contributed by atoms with Gasteiger partial charge < -0.3 is 10.6 Å². The van der Waals surface area contributed by atoms with Gasteiger partial charge in [0.1, 0.15) is 5.82 Å². The van der Waals surface area contributed by atoms with Gasteiger partial charge in [-0.3, -0.25) is 9.59 Å². The second-order valence-electron chi connectivity index (χ2n) is 5.64. The lowest BCUT2D eigenvalue weighted by Crippen LogP contribution is -2.33. The number of carbonyl (C=O) groups is 2. The zero-order valence-electron chi connectivity index (χ0n) is 14.2. The van der Waals surface area contributed by atoms with Gasteiger partial charge in [0.05, 0.1) is 22.3 Å². The number of aromatic nitrogens is 3. The van der Waals surface area contributed by atoms with Crippen molar-refractivity contribution in [3.8, 4) is 5.82 Å². The second-order valence-corrected chi connectivity index (χ2v) is 6.48. The zero-order valence-corrected chi connectivity index (χ0v) is 15.8. The van der Waals surface area contributed by atoms with E-state index in [1.807, 2.05) is 6.07 Å². The average Bonchev–Trinajstić information content (AvgIpc) is 3.00. The fraction of sp³-hybridized carbons (Fsp3) is 0.111. The van der Waals surface area contributed by atoms with Crippen LogP contribution in [-0.2, 0) is 4.79 Å². The number of hydrogen-bond donors (Lipinski definition) is 2. The summed E-state index contributed by atoms with van der Waals surface area (Å²) in [7, 11) is 0. The minimum absolute atomic E-state index is 0.195. The van der Waals surface area contributed by atoms with E-state index >= 15 is 0 Å². The van der Waals surface area contributed by atoms with Crippen molar-refractivity contribution in [1.29, 1.82) is 0 Å². The van der Waals surface area contributed by atoms with Crippen molar-refractivity contribution in [2.45, 2.75) is 6.92 Å². The van der Waals surface area contributed by atoms with Crippen LogP contribution in [0.1, 0.15) is 16.1 Å². The highest BCUT2D eigenvalue weighted by molar-refractivity contribution is 6.35. The van der Waals surface area contributed by atoms with Gasteiger partial charge in [-0.2, -0.15) is 9.78 Å². The topological polar surface area (TPSA) is 88.9 Å². The van der Waals surface area contributed by atoms with Crippen LogP contribution >= 0.6 is 23.2 Å². The molecule has 27 heavy (non-hydrogen) atoms. The Morgan fingerprint density at radius 2 is 1.89 bits per heavy atom. The molecule has 0 unspecified atom stereocenters. The molecule has 0 aliphatic carbocycles. The molecular weight excluding hydrogens is 389 g/mol. The van der Waals surface area contributed by atoms with Crippen molar-refractivity contribution in [2.75, 3.05) is 11.9 Å². The van der Waals surface area contributed by atoms with E-state index in [1.54, 1.807) is 37.3 Å². The predicted octanol–water partition coefficient (Wildman–Crippen LogP) is 3.25. The monoisotopic (exact) mass is 403 g/mol. The summed E-state index contributed by atoms with van der Waals surface area (Å²) in [6, 6.07) is 11.8. The molecule has 0 bridgehead atoms. The van der Waals surface area contributed by atoms with Crippen LogP contribution in [0, 0.1) is 6.92 Å². The number of benzene rings is 1. The van der Waals surface area contributed by atoms with Crippen molar-refractivity contribution >= 4 is 40.8 Å². The molecule has 2 aromatic heterocycles. The molecule has 0 spiro atoms. The second kappa shape index (κ2) is 8.20. The van der Waals surface area contributed by atoms with Gasteiger partial charge in [-0.15, -0.1) is 0 Å². The van der Waals surface area contributed by atoms with E-state index in [2.05, 4.69) is 20.7 Å². The van der Waals surface area contributed by atoms with E-state index in [0.717, 1.165) is 0 Å². The van der Waals surface area contributed by atoms with Gasteiger partial charge in [0.15, 0.2) is 5.82 Å². The largest absolute Gasteiger partial charge is 0.343 e. The molecule has 2 N–H and O–H groups in total. The number of aryl methyl sites for hydroxylation is 1. The Morgan fingerprint density at radius 1 is 1.15 bits per heavy atom. The summed E-state index contributed by atoms with van der Waals surface area (Å²) in [5, 5.41) is 10.2. The minimum Gasteiger partial charge on any atom is -0.343 e. The first-order valence-electron chi connectivity index (χ1n) is 7.95. The van der Waals surface area contributed by atoms with E-state index in [1.165, 1.54) is 16.9 Å². The first-order chi connectivity index (χ1) is 12.9. The highest BCUT2D eigenvalue weighted by Gasteiger charge is 2.15. The molecule has 3 aromatic rings. The summed E-state index contributed by atoms with van der Waals surface area (Å²) in [6.45, 7) is 1.58. The smallest absolute Gasteiger partial charge is 0.251 e. The van der Waals surface area contributed by atoms with Gasteiger partial charge in [0.2, 0.25) is 5.91 Å². The number of nitrogens with zero attached hydrogens (tertiary/aromatic N) is 3. The van der Waals surface area contributed by atoms with Crippen molar-refractivity contribution in [2.24, 2.45) is 0 Å². The molecule has 138 valence electrons. The number of halogens is 2. The quantitative estimate of drug-likeness (QED) is 0.683. The lowest BCUT2D eigenvalue weighted by molar-refractivity contribution is -0.115. The van der Waals surface area contributed by atoms with Crippen molar-refractivity contribution in [3.05, 3.63) is 70.0 Å². The molecule has 0 aliphatic rings. The molecule has 0 fully saturated rings. The molecule has 0 radical (unpaired) electrons. The molecule has 2 amide bonds. The maximum absolute atomic E-state index is 12.2. The number of hydrogen-bond acceptors (Lipinski definition) is 4. The maximum atomic E-state index is 12.2. The molecule has 0 atom stereocenters. The van der Waals surface area contributed by atoms with Gasteiger partial charge in [-0.1, -0.05) is 41.4 Å². The van der Waals surface area contributed by atoms with Crippen molar-refractivity contribution < 1.29 is 9.59 Å². The number of amides is 2. The Morgan fingerprint density at radius 3 is 2.59 bits per heavy atom. The van der Waals surface area contributed by atoms with Crippen LogP contribution in [0.3, 0.4) is 0 Å². The zero-order chi connectivity index (χ0) is 19.4. The average molecular weight is 404 g/mol. The summed E-state index contributed by atoms with van der Waals surface area (Å²) < 4.78 is 1.41. The summed E-state index contributed by atoms with van der Waals surface area (Å²) in [5.41, 5.74) is 1.13. The van der Waals surface area contributed by atoms with Gasteiger partial charge >= 0.3 is 0 Å². The molecule has 2 heterocycles. The molecule has 7 nitrogen and oxygen atoms in total. The molecule has 0 saturated heterocycles. The fourth-order valence-electron chi connectivity index (χ4n) is 2.35. The van der Waals surface area contributed by atoms with Crippen LogP contribution in [0.2, 0.25) is 10.0 Å². The molecular formula is C18H15Cl2N5O2. The highest BCUT2D eigenvalue weighted by atomic mass is 35.5. The summed E-state index contributed by atoms with van der Waals surface area (Å²) in [5.74, 6) is -0.0376. The third kappa shape index (κ3) is 4.64. The Kier molecular flexibility index (Phi) is 5.73. The number of pyridine rings is 1. The SMILES string of the molecule is Cc1cc(NC(=O)CNC(=O)c2ccccc2)n(-c2ncc(Cl)cc2Cl)n1. The number of anilines is 1. The van der Waals surface area contributed by atoms with Crippen LogP contribution in [0.5, 0.6) is 0 Å². The van der Waals surface area contributed by atoms with Crippen LogP contribution in [0.25, 0.3) is 5.82 Å². The van der Waals surface area contributed by atoms with Crippen LogP contribution in [-0.4, -0.2) is 33.1 Å². The molecule has 0 saturated carbocycles. The maximum Gasteiger partial charge on any atom is 0.251 e. The Hall–Kier alpha value is -2.90. The van der Waals surface area contributed by atoms with E-state index in [9.17, 15) is 9.59 Å². The first kappa shape index (κ1) is 18.9. The molecule has 9 heteroatoms. The van der Waals surface area contributed by atoms with Crippen LogP contribution < -0.4 is 10.6 Å². The third-order valence-electron chi connectivity index (χ3n) is 3.53. The summed E-state index contributed by atoms with van der Waals surface area (Å²) in [6.07, 6.45) is 1.44. The van der Waals surface area contributed by atoms with Gasteiger partial charge in [-0.05, 0) is 25.1 Å². The third-order valence-corrected chi connectivity index (χ3v) is 4.02. The highest BCUT2D eigenvalue weighted by Crippen LogP contribution is 2.24. The van der Waals surface area contributed by atoms with Gasteiger partial charge in [-0.25, -0.2) is 4.98 Å². The lowest BCUT2D eigenvalue weighted by Gasteiger charge is -2.10. The lowest BCUT2D eigenvalue weighted by atomic mass is 10.2. The van der Waals surface area contributed by atoms with E-state index < -0.39 is 5.91 Å². The Bertz CT molecular complexity index is 989. The number of nitrogens with one attached hydrogen (secondary N) is 2. The molecule has 3 rings (SSSR count). The van der Waals surface area contributed by atoms with E-state index in [4.69, 9.17) is 23.2 Å². The van der Waals surface area contributed by atoms with E-state index in [-0.39, 0.29) is 12.5 Å². The number of carbonyl (C=O) groups excluding carboxylic acids is 2. The fourth-order valence-corrected chi connectivity index (χ4v) is 2.81. The summed E-state index contributed by atoms with van der Waals surface area (Å²) >= 11 is 12.0. The van der Waals surface area contributed by atoms with Gasteiger partial charge in [0, 0.05) is 17.8 Å². The minimum atomic E-state index is -0.412. The first-order valence-corrected chi connectivity index (χ1v) is 8.71. The Balaban J connectivity index is 1.70. The summed E-state index contributed by atoms with van der Waals surface area (Å²) in [4.78, 5) is 28.4. The van der Waals surface area contributed by atoms with E-state index in [0.29, 0.717) is 32.9 Å². The standard InChI is InChI=1S/C18H15Cl2N5O2/c1-11-7-15(25(24-11)17-14(20)8-13(19)9-21-17)23-16(26)10-22-18(27)12-5-3-2-4-6-12/h2-9H,10H2,1H3,(H,22,27)(H,23,26). The molecule has 1 aromatic carbocycles. The van der Waals surface area contributed by atoms with Crippen LogP contribution in [0.4, 0.5) is 5.82 Å². The Labute approximate surface area is 165 Å². The van der Waals surface area contributed by atoms with Gasteiger partial charge in [0.25, 0.3) is 5.91 Å². The van der Waals surface area contributed by atoms with Crippen molar-refractivity contribution in [3.63, 3.8) is 0 Å². The normalized spacial score (nSPS) is 10.5. The van der Waals surface area contributed by atoms with Crippen molar-refractivity contribution in [1.82, 2.24) is 20.1 Å². The number of rotatable bonds is 5. The molecule has 0 aliphatic heterocycles. The predicted molar refractivity (Wildman–Crippen MR) is 104 cm³/mol. The van der Waals surface area contributed by atoms with Crippen LogP contribution in [0.15, 0.2) is 48.7 Å².